The maximum absolute atomic E-state index is 13.1. The van der Waals surface area contributed by atoms with Gasteiger partial charge in [-0.1, -0.05) is 35.3 Å². The first-order valence-corrected chi connectivity index (χ1v) is 5.61. The van der Waals surface area contributed by atoms with Gasteiger partial charge in [-0.3, -0.25) is 0 Å². The molecule has 19 heavy (non-hydrogen) atoms. The Balaban J connectivity index is 2.54. The molecule has 2 rings (SSSR count). The maximum Gasteiger partial charge on any atom is 0.416 e. The van der Waals surface area contributed by atoms with Crippen molar-refractivity contribution in [1.82, 2.24) is 9.97 Å². The van der Waals surface area contributed by atoms with Crippen LogP contribution in [0.15, 0.2) is 24.3 Å². The number of nitrogens with zero attached hydrogens (tertiary/aromatic N) is 2. The van der Waals surface area contributed by atoms with Crippen molar-refractivity contribution in [3.05, 3.63) is 46.0 Å². The molecule has 1 heterocycles. The summed E-state index contributed by atoms with van der Waals surface area (Å²) in [6.45, 7) is 0. The predicted octanol–water partition coefficient (Wildman–Crippen LogP) is 4.61. The Morgan fingerprint density at radius 2 is 1.58 bits per heavy atom. The van der Waals surface area contributed by atoms with Crippen molar-refractivity contribution in [3.8, 4) is 11.4 Å². The number of aromatic nitrogens is 2. The van der Waals surface area contributed by atoms with Gasteiger partial charge in [0.1, 0.15) is 0 Å². The summed E-state index contributed by atoms with van der Waals surface area (Å²) in [6, 6.07) is 4.26. The molecule has 0 spiro atoms. The number of alkyl halides is 3. The number of halogens is 6. The second-order valence-corrected chi connectivity index (χ2v) is 4.24. The summed E-state index contributed by atoms with van der Waals surface area (Å²) < 4.78 is 50.8. The van der Waals surface area contributed by atoms with Crippen molar-refractivity contribution in [2.75, 3.05) is 0 Å². The predicted molar refractivity (Wildman–Crippen MR) is 62.4 cm³/mol. The Morgan fingerprint density at radius 3 is 2.11 bits per heavy atom. The molecule has 0 N–H and O–H groups in total. The van der Waals surface area contributed by atoms with Gasteiger partial charge in [0.2, 0.25) is 0 Å². The molecule has 0 saturated heterocycles. The molecule has 0 fully saturated rings. The summed E-state index contributed by atoms with van der Waals surface area (Å²) >= 11 is 10.9. The Hall–Kier alpha value is -1.40. The van der Waals surface area contributed by atoms with Crippen molar-refractivity contribution in [1.29, 1.82) is 0 Å². The highest BCUT2D eigenvalue weighted by atomic mass is 35.5. The van der Waals surface area contributed by atoms with E-state index in [1.54, 1.807) is 0 Å². The first-order chi connectivity index (χ1) is 8.79. The molecule has 1 aromatic heterocycles. The zero-order valence-electron chi connectivity index (χ0n) is 8.97. The van der Waals surface area contributed by atoms with E-state index >= 15 is 0 Å². The number of benzene rings is 1. The van der Waals surface area contributed by atoms with E-state index in [1.165, 1.54) is 12.1 Å². The van der Waals surface area contributed by atoms with E-state index in [2.05, 4.69) is 9.97 Å². The monoisotopic (exact) mass is 310 g/mol. The maximum atomic E-state index is 13.1. The van der Waals surface area contributed by atoms with Gasteiger partial charge in [-0.05, 0) is 12.1 Å². The molecule has 0 aliphatic rings. The molecular formula is C11H4Cl2F4N2. The van der Waals surface area contributed by atoms with E-state index in [9.17, 15) is 17.6 Å². The highest BCUT2D eigenvalue weighted by molar-refractivity contribution is 6.33. The summed E-state index contributed by atoms with van der Waals surface area (Å²) in [7, 11) is 0. The molecule has 0 aliphatic heterocycles. The standard InChI is InChI=1S/C11H4Cl2F4N2/c12-8-7(14)9(13)19-10(18-8)5-2-1-3-6(4-5)11(15,16)17/h1-4H. The lowest BCUT2D eigenvalue weighted by atomic mass is 10.1. The van der Waals surface area contributed by atoms with Gasteiger partial charge < -0.3 is 0 Å². The molecule has 0 unspecified atom stereocenters. The van der Waals surface area contributed by atoms with Crippen LogP contribution in [0.5, 0.6) is 0 Å². The Bertz CT molecular complexity index is 605. The minimum Gasteiger partial charge on any atom is -0.213 e. The molecule has 2 nitrogen and oxygen atoms in total. The summed E-state index contributed by atoms with van der Waals surface area (Å²) in [5.41, 5.74) is -0.830. The van der Waals surface area contributed by atoms with Gasteiger partial charge in [0, 0.05) is 5.56 Å². The average Bonchev–Trinajstić information content (AvgIpc) is 2.34. The zero-order valence-corrected chi connectivity index (χ0v) is 10.5. The van der Waals surface area contributed by atoms with E-state index in [-0.39, 0.29) is 11.4 Å². The van der Waals surface area contributed by atoms with Gasteiger partial charge in [0.25, 0.3) is 0 Å². The van der Waals surface area contributed by atoms with Crippen LogP contribution in [0.4, 0.5) is 17.6 Å². The quantitative estimate of drug-likeness (QED) is 0.568. The van der Waals surface area contributed by atoms with Crippen LogP contribution in [0.3, 0.4) is 0 Å². The van der Waals surface area contributed by atoms with Gasteiger partial charge in [-0.2, -0.15) is 13.2 Å². The lowest BCUT2D eigenvalue weighted by Gasteiger charge is -2.08. The van der Waals surface area contributed by atoms with E-state index in [1.807, 2.05) is 0 Å². The third kappa shape index (κ3) is 2.96. The minimum absolute atomic E-state index is 0.0404. The van der Waals surface area contributed by atoms with Crippen molar-refractivity contribution >= 4 is 23.2 Å². The molecule has 0 atom stereocenters. The zero-order chi connectivity index (χ0) is 14.2. The average molecular weight is 311 g/mol. The molecule has 8 heteroatoms. The van der Waals surface area contributed by atoms with E-state index in [0.29, 0.717) is 0 Å². The van der Waals surface area contributed by atoms with Crippen molar-refractivity contribution in [3.63, 3.8) is 0 Å². The van der Waals surface area contributed by atoms with Gasteiger partial charge in [-0.25, -0.2) is 14.4 Å². The first kappa shape index (κ1) is 14.0. The second kappa shape index (κ2) is 4.94. The first-order valence-electron chi connectivity index (χ1n) is 4.85. The normalized spacial score (nSPS) is 11.7. The highest BCUT2D eigenvalue weighted by Gasteiger charge is 2.30. The number of hydrogen-bond acceptors (Lipinski definition) is 2. The largest absolute Gasteiger partial charge is 0.416 e. The van der Waals surface area contributed by atoms with Gasteiger partial charge in [-0.15, -0.1) is 0 Å². The van der Waals surface area contributed by atoms with Gasteiger partial charge in [0.05, 0.1) is 5.56 Å². The van der Waals surface area contributed by atoms with Crippen molar-refractivity contribution in [2.45, 2.75) is 6.18 Å². The van der Waals surface area contributed by atoms with Crippen LogP contribution < -0.4 is 0 Å². The Labute approximate surface area is 115 Å². The highest BCUT2D eigenvalue weighted by Crippen LogP contribution is 2.32. The van der Waals surface area contributed by atoms with Gasteiger partial charge >= 0.3 is 6.18 Å². The summed E-state index contributed by atoms with van der Waals surface area (Å²) in [5, 5.41) is -1.10. The second-order valence-electron chi connectivity index (χ2n) is 3.52. The fourth-order valence-corrected chi connectivity index (χ4v) is 1.75. The van der Waals surface area contributed by atoms with Crippen LogP contribution in [0.25, 0.3) is 11.4 Å². The summed E-state index contributed by atoms with van der Waals surface area (Å²) in [5.74, 6) is -1.19. The van der Waals surface area contributed by atoms with E-state index in [0.717, 1.165) is 12.1 Å². The molecule has 2 aromatic rings. The summed E-state index contributed by atoms with van der Waals surface area (Å²) in [6.07, 6.45) is -4.50. The molecular weight excluding hydrogens is 307 g/mol. The Morgan fingerprint density at radius 1 is 1.00 bits per heavy atom. The molecule has 0 aliphatic carbocycles. The fourth-order valence-electron chi connectivity index (χ4n) is 1.36. The van der Waals surface area contributed by atoms with Crippen LogP contribution in [0, 0.1) is 5.82 Å². The van der Waals surface area contributed by atoms with Crippen molar-refractivity contribution in [2.24, 2.45) is 0 Å². The van der Waals surface area contributed by atoms with Crippen LogP contribution in [-0.2, 0) is 6.18 Å². The minimum atomic E-state index is -4.50. The Kier molecular flexibility index (Phi) is 3.64. The molecule has 0 amide bonds. The van der Waals surface area contributed by atoms with Crippen LogP contribution in [0.1, 0.15) is 5.56 Å². The summed E-state index contributed by atoms with van der Waals surface area (Å²) in [4.78, 5) is 7.11. The van der Waals surface area contributed by atoms with Crippen LogP contribution in [0.2, 0.25) is 10.3 Å². The van der Waals surface area contributed by atoms with Crippen molar-refractivity contribution < 1.29 is 17.6 Å². The topological polar surface area (TPSA) is 25.8 Å². The van der Waals surface area contributed by atoms with Gasteiger partial charge in [0.15, 0.2) is 21.9 Å². The molecule has 100 valence electrons. The third-order valence-electron chi connectivity index (χ3n) is 2.22. The lowest BCUT2D eigenvalue weighted by molar-refractivity contribution is -0.137. The third-order valence-corrected chi connectivity index (χ3v) is 2.72. The smallest absolute Gasteiger partial charge is 0.213 e. The molecule has 1 aromatic carbocycles. The lowest BCUT2D eigenvalue weighted by Crippen LogP contribution is -2.05. The van der Waals surface area contributed by atoms with E-state index < -0.39 is 27.9 Å². The number of rotatable bonds is 1. The number of hydrogen-bond donors (Lipinski definition) is 0. The molecule has 0 saturated carbocycles. The molecule has 0 bridgehead atoms. The van der Waals surface area contributed by atoms with Crippen LogP contribution in [-0.4, -0.2) is 9.97 Å². The van der Waals surface area contributed by atoms with E-state index in [4.69, 9.17) is 23.2 Å². The van der Waals surface area contributed by atoms with Crippen LogP contribution >= 0.6 is 23.2 Å². The fraction of sp³-hybridized carbons (Fsp3) is 0.0909. The molecule has 0 radical (unpaired) electrons. The SMILES string of the molecule is Fc1c(Cl)nc(-c2cccc(C(F)(F)F)c2)nc1Cl.